The Hall–Kier alpha value is -12.5. The minimum absolute atomic E-state index is 0.0268. The van der Waals surface area contributed by atoms with E-state index in [9.17, 15) is 50.3 Å². The molecular formula is C83H88F6N14O11. The number of halogens is 6. The number of benzene rings is 6. The number of hydrogen-bond donors (Lipinski definition) is 4. The number of carboxylic acids is 1. The molecule has 12 rings (SSSR count). The lowest BCUT2D eigenvalue weighted by Gasteiger charge is -2.33. The fourth-order valence-corrected chi connectivity index (χ4v) is 12.9. The third-order valence-corrected chi connectivity index (χ3v) is 18.2. The highest BCUT2D eigenvalue weighted by molar-refractivity contribution is 5.85. The van der Waals surface area contributed by atoms with E-state index in [-0.39, 0.29) is 88.6 Å². The summed E-state index contributed by atoms with van der Waals surface area (Å²) in [5.41, 5.74) is 9.56. The molecule has 0 unspecified atom stereocenters. The van der Waals surface area contributed by atoms with Crippen LogP contribution in [0.3, 0.4) is 0 Å². The predicted octanol–water partition coefficient (Wildman–Crippen LogP) is 15.4. The van der Waals surface area contributed by atoms with Gasteiger partial charge in [-0.15, -0.1) is 0 Å². The average Bonchev–Trinajstić information content (AvgIpc) is 1.51. The third-order valence-electron chi connectivity index (χ3n) is 18.2. The standard InChI is InChI=1S/C29H31F2N5O4.C24H23F2N5O2.C19H13F2N3O3.C11H21NO2/c1-29(2,3)40-28(38)33-20-7-6-12-35(15-20)26(37)17-36-16-21(18-9-11-25(39-5)23(31)13-18)27(34-36)19-8-10-24(32-4)22(30)14-19;1-28-21-7-5-16(11-19(21)25)24-18(15-6-8-22(33-2)20(26)10-15)13-31(29-24)14-23(32)30-9-3-4-17(27)12-30;1-22-16-5-3-12(8-14(16)20)19-13(9-24(23-19)10-18(25)26)11-4-6-17(27-2)15(21)7-11;1-11(2,3)14-10(13)7-9-5-4-6-12-8-9/h8-11,13-14,16,20H,6-7,12,15,17H2,1-3,5H3,(H,33,38);5-8,10-11,13,17H,3-4,9,12,14,27H2,2H3;3-9H,10H2,2H3,(H,25,26);9,12H,4-8H2,1-3H3/t20-;17-;;9-/m00.1/s1. The van der Waals surface area contributed by atoms with Crippen LogP contribution in [0.5, 0.6) is 17.2 Å². The van der Waals surface area contributed by atoms with E-state index in [1.807, 2.05) is 20.8 Å². The molecule has 3 aliphatic rings. The molecule has 3 fully saturated rings. The summed E-state index contributed by atoms with van der Waals surface area (Å²) in [6.45, 7) is 35.6. The number of carboxylic acid groups (broad SMARTS) is 1. The van der Waals surface area contributed by atoms with Crippen molar-refractivity contribution in [3.63, 3.8) is 0 Å². The number of methoxy groups -OCH3 is 3. The summed E-state index contributed by atoms with van der Waals surface area (Å²) in [4.78, 5) is 73.5. The molecule has 3 amide bonds. The van der Waals surface area contributed by atoms with Gasteiger partial charge in [0.25, 0.3) is 0 Å². The van der Waals surface area contributed by atoms with Gasteiger partial charge in [-0.25, -0.2) is 45.7 Å². The van der Waals surface area contributed by atoms with Gasteiger partial charge in [-0.1, -0.05) is 54.6 Å². The van der Waals surface area contributed by atoms with Crippen molar-refractivity contribution in [3.8, 4) is 84.4 Å². The largest absolute Gasteiger partial charge is 0.494 e. The number of aromatic nitrogens is 6. The summed E-state index contributed by atoms with van der Waals surface area (Å²) in [5, 5.41) is 28.4. The highest BCUT2D eigenvalue weighted by Gasteiger charge is 2.30. The Labute approximate surface area is 656 Å². The molecule has 0 aliphatic carbocycles. The van der Waals surface area contributed by atoms with E-state index in [1.54, 1.807) is 73.3 Å². The number of ether oxygens (including phenoxy) is 5. The molecule has 3 aromatic heterocycles. The minimum Gasteiger partial charge on any atom is -0.494 e. The SMILES string of the molecule is CC(C)(C)OC(=O)C[C@H]1CCCNC1.[C-]#[N+]c1ccc(-c2nn(CC(=O)N3CCC[C@H](N)C3)cc2-c2ccc(OC)c(F)c2)cc1F.[C-]#[N+]c1ccc(-c2nn(CC(=O)N3CCC[C@H](NC(=O)OC(C)(C)C)C3)cc2-c2ccc(OC)c(F)c2)cc1F.[C-]#[N+]c1ccc(-c2nn(CC(=O)O)cc2-c2ccc(OC)c(F)c2)cc1F. The van der Waals surface area contributed by atoms with E-state index in [0.29, 0.717) is 113 Å². The fraction of sp³-hybridized carbons (Fsp3) is 0.361. The monoisotopic (exact) mass is 1570 g/mol. The summed E-state index contributed by atoms with van der Waals surface area (Å²) >= 11 is 0. The topological polar surface area (TPSA) is 275 Å². The van der Waals surface area contributed by atoms with Crippen molar-refractivity contribution >= 4 is 46.9 Å². The zero-order valence-corrected chi connectivity index (χ0v) is 64.5. The molecule has 31 heteroatoms. The molecular weight excluding hydrogens is 1480 g/mol. The van der Waals surface area contributed by atoms with Crippen molar-refractivity contribution in [2.75, 3.05) is 60.6 Å². The summed E-state index contributed by atoms with van der Waals surface area (Å²) in [5.74, 6) is -4.65. The summed E-state index contributed by atoms with van der Waals surface area (Å²) in [6, 6.07) is 25.1. The number of likely N-dealkylation sites (tertiary alicyclic amines) is 2. The van der Waals surface area contributed by atoms with Gasteiger partial charge in [0.1, 0.15) is 65.4 Å². The van der Waals surface area contributed by atoms with Crippen molar-refractivity contribution in [2.45, 2.75) is 129 Å². The van der Waals surface area contributed by atoms with E-state index in [1.165, 1.54) is 121 Å². The lowest BCUT2D eigenvalue weighted by Crippen LogP contribution is -2.51. The summed E-state index contributed by atoms with van der Waals surface area (Å²) in [7, 11) is 4.08. The van der Waals surface area contributed by atoms with E-state index in [4.69, 9.17) is 54.2 Å². The van der Waals surface area contributed by atoms with Crippen LogP contribution in [0.1, 0.15) is 86.5 Å². The number of carbonyl (C=O) groups is 5. The smallest absolute Gasteiger partial charge is 0.407 e. The highest BCUT2D eigenvalue weighted by atomic mass is 19.1. The predicted molar refractivity (Wildman–Crippen MR) is 414 cm³/mol. The Morgan fingerprint density at radius 2 is 0.895 bits per heavy atom. The van der Waals surface area contributed by atoms with Crippen LogP contribution in [-0.2, 0) is 48.3 Å². The third kappa shape index (κ3) is 23.3. The molecule has 3 saturated heterocycles. The molecule has 6 heterocycles. The second-order valence-electron chi connectivity index (χ2n) is 29.1. The minimum atomic E-state index is -1.11. The van der Waals surface area contributed by atoms with Crippen molar-refractivity contribution in [2.24, 2.45) is 11.7 Å². The van der Waals surface area contributed by atoms with Gasteiger partial charge in [0.15, 0.2) is 34.7 Å². The molecule has 6 aromatic carbocycles. The van der Waals surface area contributed by atoms with Crippen LogP contribution < -0.4 is 30.6 Å². The maximum atomic E-state index is 14.6. The molecule has 3 atom stereocenters. The molecule has 0 radical (unpaired) electrons. The summed E-state index contributed by atoms with van der Waals surface area (Å²) < 4.78 is 116. The first-order valence-electron chi connectivity index (χ1n) is 36.5. The van der Waals surface area contributed by atoms with Crippen molar-refractivity contribution in [1.82, 2.24) is 49.8 Å². The van der Waals surface area contributed by atoms with Gasteiger partial charge >= 0.3 is 18.0 Å². The summed E-state index contributed by atoms with van der Waals surface area (Å²) in [6.07, 6.45) is 10.2. The van der Waals surface area contributed by atoms with Crippen LogP contribution in [0.15, 0.2) is 128 Å². The Morgan fingerprint density at radius 3 is 1.24 bits per heavy atom. The van der Waals surface area contributed by atoms with Crippen LogP contribution >= 0.6 is 0 Å². The van der Waals surface area contributed by atoms with E-state index < -0.39 is 59.1 Å². The number of nitrogens with one attached hydrogen (secondary N) is 2. The Kier molecular flexibility index (Phi) is 28.9. The first-order chi connectivity index (χ1) is 54.2. The maximum absolute atomic E-state index is 14.6. The van der Waals surface area contributed by atoms with Crippen molar-refractivity contribution in [1.29, 1.82) is 0 Å². The van der Waals surface area contributed by atoms with Crippen molar-refractivity contribution in [3.05, 3.63) is 197 Å². The van der Waals surface area contributed by atoms with Crippen LogP contribution in [0.4, 0.5) is 48.2 Å². The molecule has 9 aromatic rings. The number of nitrogens with zero attached hydrogens (tertiary/aromatic N) is 11. The zero-order chi connectivity index (χ0) is 82.7. The Balaban J connectivity index is 0.000000183. The first kappa shape index (κ1) is 85.5. The van der Waals surface area contributed by atoms with Crippen LogP contribution in [0.25, 0.3) is 81.7 Å². The van der Waals surface area contributed by atoms with Gasteiger partial charge in [-0.2, -0.15) is 15.3 Å². The molecule has 598 valence electrons. The molecule has 114 heavy (non-hydrogen) atoms. The number of piperidine rings is 3. The number of amides is 3. The molecule has 0 saturated carbocycles. The Bertz CT molecular complexity index is 5100. The van der Waals surface area contributed by atoms with Gasteiger partial charge in [0.2, 0.25) is 28.9 Å². The zero-order valence-electron chi connectivity index (χ0n) is 64.5. The number of esters is 1. The molecule has 3 aliphatic heterocycles. The van der Waals surface area contributed by atoms with Crippen LogP contribution in [-0.4, -0.2) is 158 Å². The number of alkyl carbamates (subject to hydrolysis) is 1. The highest BCUT2D eigenvalue weighted by Crippen LogP contribution is 2.39. The van der Waals surface area contributed by atoms with Gasteiger partial charge in [-0.3, -0.25) is 33.2 Å². The van der Waals surface area contributed by atoms with E-state index in [2.05, 4.69) is 40.5 Å². The lowest BCUT2D eigenvalue weighted by atomic mass is 9.96. The average molecular weight is 1570 g/mol. The van der Waals surface area contributed by atoms with Gasteiger partial charge in [0.05, 0.1) is 41.0 Å². The van der Waals surface area contributed by atoms with Gasteiger partial charge < -0.3 is 55.0 Å². The lowest BCUT2D eigenvalue weighted by molar-refractivity contribution is -0.156. The second-order valence-corrected chi connectivity index (χ2v) is 29.1. The molecule has 5 N–H and O–H groups in total. The van der Waals surface area contributed by atoms with Crippen molar-refractivity contribution < 1.29 is 79.1 Å². The number of hydrogen-bond acceptors (Lipinski definition) is 15. The van der Waals surface area contributed by atoms with Crippen LogP contribution in [0, 0.1) is 60.5 Å². The van der Waals surface area contributed by atoms with Crippen LogP contribution in [0.2, 0.25) is 0 Å². The molecule has 25 nitrogen and oxygen atoms in total. The number of aliphatic carboxylic acids is 1. The normalized spacial score (nSPS) is 15.3. The number of nitrogens with two attached hydrogens (primary N) is 1. The number of rotatable bonds is 18. The maximum Gasteiger partial charge on any atom is 0.407 e. The Morgan fingerprint density at radius 1 is 0.518 bits per heavy atom. The second kappa shape index (κ2) is 38.6. The van der Waals surface area contributed by atoms with E-state index in [0.717, 1.165) is 38.4 Å². The molecule has 0 spiro atoms. The first-order valence-corrected chi connectivity index (χ1v) is 36.5. The van der Waals surface area contributed by atoms with Gasteiger partial charge in [0, 0.05) is 96.7 Å². The fourth-order valence-electron chi connectivity index (χ4n) is 12.9. The number of carbonyl (C=O) groups excluding carboxylic acids is 4. The quantitative estimate of drug-likeness (QED) is 0.0353. The van der Waals surface area contributed by atoms with E-state index >= 15 is 0 Å². The molecule has 0 bridgehead atoms. The van der Waals surface area contributed by atoms with Gasteiger partial charge in [-0.05, 0) is 170 Å².